The molecule has 118 valence electrons. The van der Waals surface area contributed by atoms with Crippen LogP contribution >= 0.6 is 0 Å². The van der Waals surface area contributed by atoms with E-state index in [4.69, 9.17) is 4.74 Å². The maximum Gasteiger partial charge on any atom is 0.293 e. The predicted molar refractivity (Wildman–Crippen MR) is 81.3 cm³/mol. The summed E-state index contributed by atoms with van der Waals surface area (Å²) >= 11 is 0. The van der Waals surface area contributed by atoms with E-state index < -0.39 is 4.92 Å². The summed E-state index contributed by atoms with van der Waals surface area (Å²) in [5.41, 5.74) is 0.948. The number of amides is 1. The first-order valence-corrected chi connectivity index (χ1v) is 7.57. The number of nitro groups is 1. The van der Waals surface area contributed by atoms with Crippen LogP contribution in [0.5, 0.6) is 0 Å². The molecule has 3 rings (SSSR count). The van der Waals surface area contributed by atoms with Gasteiger partial charge >= 0.3 is 0 Å². The second kappa shape index (κ2) is 6.31. The molecule has 1 aromatic rings. The van der Waals surface area contributed by atoms with Gasteiger partial charge in [-0.15, -0.1) is 0 Å². The zero-order valence-corrected chi connectivity index (χ0v) is 12.4. The highest BCUT2D eigenvalue weighted by Crippen LogP contribution is 2.30. The minimum atomic E-state index is -0.411. The van der Waals surface area contributed by atoms with E-state index in [9.17, 15) is 14.9 Å². The maximum absolute atomic E-state index is 12.4. The van der Waals surface area contributed by atoms with Gasteiger partial charge in [0.2, 0.25) is 0 Å². The van der Waals surface area contributed by atoms with Crippen LogP contribution in [-0.4, -0.2) is 55.1 Å². The molecule has 0 aliphatic carbocycles. The fraction of sp³-hybridized carbons (Fsp3) is 0.533. The SMILES string of the molecule is O=C(c1ccc(N2CCOCC2)c([N+](=O)[O-])c1)N1CCCC1. The fourth-order valence-corrected chi connectivity index (χ4v) is 2.98. The smallest absolute Gasteiger partial charge is 0.293 e. The van der Waals surface area contributed by atoms with Crippen molar-refractivity contribution in [1.29, 1.82) is 0 Å². The molecular weight excluding hydrogens is 286 g/mol. The van der Waals surface area contributed by atoms with Crippen molar-refractivity contribution >= 4 is 17.3 Å². The van der Waals surface area contributed by atoms with E-state index in [0.29, 0.717) is 37.6 Å². The summed E-state index contributed by atoms with van der Waals surface area (Å²) in [6, 6.07) is 4.79. The average molecular weight is 305 g/mol. The van der Waals surface area contributed by atoms with Gasteiger partial charge in [0.1, 0.15) is 5.69 Å². The van der Waals surface area contributed by atoms with Crippen LogP contribution in [0, 0.1) is 10.1 Å². The van der Waals surface area contributed by atoms with Crippen LogP contribution in [-0.2, 0) is 4.74 Å². The molecule has 0 spiro atoms. The van der Waals surface area contributed by atoms with E-state index in [1.165, 1.54) is 6.07 Å². The Morgan fingerprint density at radius 3 is 2.45 bits per heavy atom. The van der Waals surface area contributed by atoms with Gasteiger partial charge in [0.15, 0.2) is 0 Å². The molecule has 0 N–H and O–H groups in total. The first-order chi connectivity index (χ1) is 10.7. The highest BCUT2D eigenvalue weighted by molar-refractivity contribution is 5.96. The summed E-state index contributed by atoms with van der Waals surface area (Å²) in [6.07, 6.45) is 2.00. The average Bonchev–Trinajstić information content (AvgIpc) is 3.09. The van der Waals surface area contributed by atoms with Gasteiger partial charge in [0.25, 0.3) is 11.6 Å². The summed E-state index contributed by atoms with van der Waals surface area (Å²) < 4.78 is 5.28. The Bertz CT molecular complexity index is 578. The van der Waals surface area contributed by atoms with Crippen LogP contribution in [0.15, 0.2) is 18.2 Å². The van der Waals surface area contributed by atoms with Crippen molar-refractivity contribution in [2.75, 3.05) is 44.3 Å². The number of benzene rings is 1. The third kappa shape index (κ3) is 2.89. The number of carbonyl (C=O) groups excluding carboxylic acids is 1. The topological polar surface area (TPSA) is 75.9 Å². The van der Waals surface area contributed by atoms with E-state index in [1.54, 1.807) is 17.0 Å². The second-order valence-corrected chi connectivity index (χ2v) is 5.56. The normalized spacial score (nSPS) is 18.5. The van der Waals surface area contributed by atoms with E-state index in [2.05, 4.69) is 0 Å². The van der Waals surface area contributed by atoms with Crippen molar-refractivity contribution in [3.8, 4) is 0 Å². The Morgan fingerprint density at radius 1 is 1.14 bits per heavy atom. The Labute approximate surface area is 128 Å². The number of morpholine rings is 1. The van der Waals surface area contributed by atoms with Crippen molar-refractivity contribution in [1.82, 2.24) is 4.90 Å². The standard InChI is InChI=1S/C15H19N3O4/c19-15(17-5-1-2-6-17)12-3-4-13(14(11-12)18(20)21)16-7-9-22-10-8-16/h3-4,11H,1-2,5-10H2. The summed E-state index contributed by atoms with van der Waals surface area (Å²) in [5.74, 6) is -0.117. The van der Waals surface area contributed by atoms with E-state index in [1.807, 2.05) is 4.90 Å². The zero-order valence-electron chi connectivity index (χ0n) is 12.4. The molecule has 1 aromatic carbocycles. The largest absolute Gasteiger partial charge is 0.378 e. The molecule has 2 aliphatic rings. The highest BCUT2D eigenvalue weighted by Gasteiger charge is 2.25. The summed E-state index contributed by atoms with van der Waals surface area (Å²) in [7, 11) is 0. The van der Waals surface area contributed by atoms with Crippen LogP contribution in [0.25, 0.3) is 0 Å². The summed E-state index contributed by atoms with van der Waals surface area (Å²) in [5, 5.41) is 11.4. The predicted octanol–water partition coefficient (Wildman–Crippen LogP) is 1.67. The number of hydrogen-bond acceptors (Lipinski definition) is 5. The monoisotopic (exact) mass is 305 g/mol. The molecule has 0 radical (unpaired) electrons. The molecule has 2 fully saturated rings. The molecule has 0 atom stereocenters. The number of nitro benzene ring substituents is 1. The van der Waals surface area contributed by atoms with Gasteiger partial charge in [-0.25, -0.2) is 0 Å². The van der Waals surface area contributed by atoms with E-state index in [-0.39, 0.29) is 11.6 Å². The van der Waals surface area contributed by atoms with E-state index in [0.717, 1.165) is 25.9 Å². The number of anilines is 1. The number of hydrogen-bond donors (Lipinski definition) is 0. The number of carbonyl (C=O) groups is 1. The van der Waals surface area contributed by atoms with E-state index >= 15 is 0 Å². The highest BCUT2D eigenvalue weighted by atomic mass is 16.6. The molecule has 0 saturated carbocycles. The molecule has 2 aliphatic heterocycles. The van der Waals surface area contributed by atoms with Crippen molar-refractivity contribution in [3.63, 3.8) is 0 Å². The van der Waals surface area contributed by atoms with Gasteiger partial charge in [-0.3, -0.25) is 14.9 Å². The number of likely N-dealkylation sites (tertiary alicyclic amines) is 1. The van der Waals surface area contributed by atoms with Crippen LogP contribution in [0.4, 0.5) is 11.4 Å². The lowest BCUT2D eigenvalue weighted by Gasteiger charge is -2.28. The number of ether oxygens (including phenoxy) is 1. The molecule has 0 bridgehead atoms. The third-order valence-electron chi connectivity index (χ3n) is 4.16. The van der Waals surface area contributed by atoms with Gasteiger partial charge in [-0.1, -0.05) is 0 Å². The minimum absolute atomic E-state index is 0.00746. The van der Waals surface area contributed by atoms with Crippen molar-refractivity contribution in [2.24, 2.45) is 0 Å². The Kier molecular flexibility index (Phi) is 4.24. The fourth-order valence-electron chi connectivity index (χ4n) is 2.98. The maximum atomic E-state index is 12.4. The lowest BCUT2D eigenvalue weighted by atomic mass is 10.1. The Balaban J connectivity index is 1.89. The second-order valence-electron chi connectivity index (χ2n) is 5.56. The van der Waals surface area contributed by atoms with Crippen LogP contribution in [0.1, 0.15) is 23.2 Å². The van der Waals surface area contributed by atoms with Gasteiger partial charge in [0, 0.05) is 37.8 Å². The molecule has 2 heterocycles. The van der Waals surface area contributed by atoms with Crippen LogP contribution in [0.3, 0.4) is 0 Å². The zero-order chi connectivity index (χ0) is 15.5. The lowest BCUT2D eigenvalue weighted by Crippen LogP contribution is -2.36. The minimum Gasteiger partial charge on any atom is -0.378 e. The van der Waals surface area contributed by atoms with Crippen molar-refractivity contribution < 1.29 is 14.5 Å². The van der Waals surface area contributed by atoms with Gasteiger partial charge in [0.05, 0.1) is 18.1 Å². The Hall–Kier alpha value is -2.15. The molecule has 0 unspecified atom stereocenters. The van der Waals surface area contributed by atoms with Crippen molar-refractivity contribution in [3.05, 3.63) is 33.9 Å². The molecule has 7 nitrogen and oxygen atoms in total. The van der Waals surface area contributed by atoms with Gasteiger partial charge in [-0.2, -0.15) is 0 Å². The summed E-state index contributed by atoms with van der Waals surface area (Å²) in [6.45, 7) is 3.84. The van der Waals surface area contributed by atoms with Crippen molar-refractivity contribution in [2.45, 2.75) is 12.8 Å². The van der Waals surface area contributed by atoms with Gasteiger partial charge < -0.3 is 14.5 Å². The first-order valence-electron chi connectivity index (χ1n) is 7.57. The molecule has 0 aromatic heterocycles. The van der Waals surface area contributed by atoms with Gasteiger partial charge in [-0.05, 0) is 25.0 Å². The first kappa shape index (κ1) is 14.8. The number of nitrogens with zero attached hydrogens (tertiary/aromatic N) is 3. The number of rotatable bonds is 3. The molecular formula is C15H19N3O4. The summed E-state index contributed by atoms with van der Waals surface area (Å²) in [4.78, 5) is 27.0. The van der Waals surface area contributed by atoms with Crippen LogP contribution < -0.4 is 4.90 Å². The quantitative estimate of drug-likeness (QED) is 0.627. The lowest BCUT2D eigenvalue weighted by molar-refractivity contribution is -0.384. The molecule has 2 saturated heterocycles. The molecule has 22 heavy (non-hydrogen) atoms. The third-order valence-corrected chi connectivity index (χ3v) is 4.16. The van der Waals surface area contributed by atoms with Crippen LogP contribution in [0.2, 0.25) is 0 Å². The Morgan fingerprint density at radius 2 is 1.82 bits per heavy atom. The molecule has 7 heteroatoms. The molecule has 1 amide bonds.